The molecule has 3 N–H and O–H groups in total. The van der Waals surface area contributed by atoms with Crippen molar-refractivity contribution in [2.45, 2.75) is 45.3 Å². The number of rotatable bonds is 3. The van der Waals surface area contributed by atoms with Gasteiger partial charge in [0.2, 0.25) is 0 Å². The highest BCUT2D eigenvalue weighted by Crippen LogP contribution is 2.20. The molecule has 1 atom stereocenters. The van der Waals surface area contributed by atoms with Crippen LogP contribution in [0.15, 0.2) is 24.3 Å². The number of likely N-dealkylation sites (tertiary alicyclic amines) is 1. The van der Waals surface area contributed by atoms with Crippen LogP contribution in [0.4, 0.5) is 21.0 Å². The van der Waals surface area contributed by atoms with Gasteiger partial charge in [-0.25, -0.2) is 9.59 Å². The van der Waals surface area contributed by atoms with Crippen molar-refractivity contribution in [1.29, 1.82) is 0 Å². The molecule has 1 heterocycles. The van der Waals surface area contributed by atoms with Crippen LogP contribution in [-0.2, 0) is 4.74 Å². The van der Waals surface area contributed by atoms with Gasteiger partial charge >= 0.3 is 12.1 Å². The number of ether oxygens (including phenoxy) is 1. The Morgan fingerprint density at radius 2 is 1.80 bits per heavy atom. The van der Waals surface area contributed by atoms with E-state index in [4.69, 9.17) is 4.74 Å². The minimum atomic E-state index is -0.481. The van der Waals surface area contributed by atoms with Gasteiger partial charge in [-0.15, -0.1) is 0 Å². The SMILES string of the molecule is CNC(=O)Nc1ccc(NC2CCCN(C(=O)OC(C)(C)C)C2)cc1. The number of anilines is 2. The number of urea groups is 1. The first kappa shape index (κ1) is 18.9. The Morgan fingerprint density at radius 3 is 2.40 bits per heavy atom. The molecular weight excluding hydrogens is 320 g/mol. The smallest absolute Gasteiger partial charge is 0.410 e. The lowest BCUT2D eigenvalue weighted by Gasteiger charge is -2.34. The number of benzene rings is 1. The van der Waals surface area contributed by atoms with Gasteiger partial charge in [0.1, 0.15) is 5.60 Å². The Bertz CT molecular complexity index is 595. The zero-order valence-electron chi connectivity index (χ0n) is 15.4. The summed E-state index contributed by atoms with van der Waals surface area (Å²) < 4.78 is 5.45. The number of amides is 3. The third kappa shape index (κ3) is 6.17. The Morgan fingerprint density at radius 1 is 1.16 bits per heavy atom. The summed E-state index contributed by atoms with van der Waals surface area (Å²) in [6.07, 6.45) is 1.68. The van der Waals surface area contributed by atoms with Crippen LogP contribution in [0.1, 0.15) is 33.6 Å². The van der Waals surface area contributed by atoms with Gasteiger partial charge in [-0.3, -0.25) is 0 Å². The molecular formula is C18H28N4O3. The predicted octanol–water partition coefficient (Wildman–Crippen LogP) is 3.25. The van der Waals surface area contributed by atoms with Crippen molar-refractivity contribution in [1.82, 2.24) is 10.2 Å². The first-order chi connectivity index (χ1) is 11.8. The molecule has 1 fully saturated rings. The number of carbonyl (C=O) groups is 2. The molecule has 1 aromatic rings. The van der Waals surface area contributed by atoms with Crippen LogP contribution in [0.2, 0.25) is 0 Å². The summed E-state index contributed by atoms with van der Waals surface area (Å²) in [7, 11) is 1.57. The van der Waals surface area contributed by atoms with Gasteiger partial charge in [-0.2, -0.15) is 0 Å². The maximum Gasteiger partial charge on any atom is 0.410 e. The molecule has 25 heavy (non-hydrogen) atoms. The summed E-state index contributed by atoms with van der Waals surface area (Å²) in [6, 6.07) is 7.44. The first-order valence-corrected chi connectivity index (χ1v) is 8.60. The number of hydrogen-bond donors (Lipinski definition) is 3. The first-order valence-electron chi connectivity index (χ1n) is 8.60. The van der Waals surface area contributed by atoms with Crippen molar-refractivity contribution >= 4 is 23.5 Å². The van der Waals surface area contributed by atoms with E-state index in [1.807, 2.05) is 45.0 Å². The van der Waals surface area contributed by atoms with Crippen LogP contribution in [0.25, 0.3) is 0 Å². The molecule has 0 spiro atoms. The highest BCUT2D eigenvalue weighted by Gasteiger charge is 2.27. The molecule has 1 aromatic carbocycles. The molecule has 2 rings (SSSR count). The van der Waals surface area contributed by atoms with Gasteiger partial charge in [0.25, 0.3) is 0 Å². The summed E-state index contributed by atoms with van der Waals surface area (Å²) in [4.78, 5) is 25.3. The summed E-state index contributed by atoms with van der Waals surface area (Å²) in [5, 5.41) is 8.67. The fraction of sp³-hybridized carbons (Fsp3) is 0.556. The van der Waals surface area contributed by atoms with E-state index in [2.05, 4.69) is 16.0 Å². The maximum absolute atomic E-state index is 12.2. The van der Waals surface area contributed by atoms with Crippen molar-refractivity contribution < 1.29 is 14.3 Å². The molecule has 1 saturated heterocycles. The van der Waals surface area contributed by atoms with Crippen molar-refractivity contribution in [3.8, 4) is 0 Å². The minimum absolute atomic E-state index is 0.180. The predicted molar refractivity (Wildman–Crippen MR) is 99.0 cm³/mol. The van der Waals surface area contributed by atoms with Crippen LogP contribution < -0.4 is 16.0 Å². The molecule has 138 valence electrons. The molecule has 7 nitrogen and oxygen atoms in total. The van der Waals surface area contributed by atoms with Crippen molar-refractivity contribution in [3.63, 3.8) is 0 Å². The van der Waals surface area contributed by atoms with E-state index in [9.17, 15) is 9.59 Å². The van der Waals surface area contributed by atoms with Crippen molar-refractivity contribution in [3.05, 3.63) is 24.3 Å². The number of hydrogen-bond acceptors (Lipinski definition) is 4. The average Bonchev–Trinajstić information content (AvgIpc) is 2.55. The number of piperidine rings is 1. The van der Waals surface area contributed by atoms with E-state index in [0.717, 1.165) is 30.8 Å². The molecule has 0 saturated carbocycles. The number of nitrogens with zero attached hydrogens (tertiary/aromatic N) is 1. The fourth-order valence-electron chi connectivity index (χ4n) is 2.67. The zero-order valence-corrected chi connectivity index (χ0v) is 15.4. The second kappa shape index (κ2) is 8.09. The molecule has 0 bridgehead atoms. The van der Waals surface area contributed by atoms with E-state index in [-0.39, 0.29) is 18.2 Å². The van der Waals surface area contributed by atoms with Crippen LogP contribution >= 0.6 is 0 Å². The van der Waals surface area contributed by atoms with Gasteiger partial charge in [-0.05, 0) is 57.9 Å². The maximum atomic E-state index is 12.2. The summed E-state index contributed by atoms with van der Waals surface area (Å²) in [5.41, 5.74) is 1.20. The van der Waals surface area contributed by atoms with Gasteiger partial charge in [-0.1, -0.05) is 0 Å². The molecule has 1 unspecified atom stereocenters. The minimum Gasteiger partial charge on any atom is -0.444 e. The van der Waals surface area contributed by atoms with Crippen LogP contribution in [0.5, 0.6) is 0 Å². The molecule has 0 aromatic heterocycles. The third-order valence-corrected chi connectivity index (χ3v) is 3.81. The Balaban J connectivity index is 1.89. The molecule has 3 amide bonds. The summed E-state index contributed by atoms with van der Waals surface area (Å²) in [6.45, 7) is 6.96. The molecule has 7 heteroatoms. The van der Waals surface area contributed by atoms with Gasteiger partial charge in [0, 0.05) is 37.6 Å². The fourth-order valence-corrected chi connectivity index (χ4v) is 2.67. The van der Waals surface area contributed by atoms with E-state index >= 15 is 0 Å². The lowest BCUT2D eigenvalue weighted by Crippen LogP contribution is -2.46. The quantitative estimate of drug-likeness (QED) is 0.783. The highest BCUT2D eigenvalue weighted by atomic mass is 16.6. The van der Waals surface area contributed by atoms with Crippen molar-refractivity contribution in [2.24, 2.45) is 0 Å². The molecule has 0 radical (unpaired) electrons. The van der Waals surface area contributed by atoms with E-state index in [0.29, 0.717) is 6.54 Å². The highest BCUT2D eigenvalue weighted by molar-refractivity contribution is 5.89. The number of carbonyl (C=O) groups excluding carboxylic acids is 2. The monoisotopic (exact) mass is 348 g/mol. The number of nitrogens with one attached hydrogen (secondary N) is 3. The lowest BCUT2D eigenvalue weighted by atomic mass is 10.1. The van der Waals surface area contributed by atoms with E-state index < -0.39 is 5.60 Å². The van der Waals surface area contributed by atoms with Crippen LogP contribution in [0, 0.1) is 0 Å². The molecule has 1 aliphatic rings. The van der Waals surface area contributed by atoms with Crippen LogP contribution in [0.3, 0.4) is 0 Å². The summed E-state index contributed by atoms with van der Waals surface area (Å²) in [5.74, 6) is 0. The Kier molecular flexibility index (Phi) is 6.12. The lowest BCUT2D eigenvalue weighted by molar-refractivity contribution is 0.0206. The second-order valence-electron chi connectivity index (χ2n) is 7.19. The summed E-state index contributed by atoms with van der Waals surface area (Å²) >= 11 is 0. The Hall–Kier alpha value is -2.44. The third-order valence-electron chi connectivity index (χ3n) is 3.81. The van der Waals surface area contributed by atoms with Gasteiger partial charge < -0.3 is 25.6 Å². The Labute approximate surface area is 149 Å². The largest absolute Gasteiger partial charge is 0.444 e. The zero-order chi connectivity index (χ0) is 18.4. The standard InChI is InChI=1S/C18H28N4O3/c1-18(2,3)25-17(24)22-11-5-6-15(12-22)20-13-7-9-14(10-8-13)21-16(23)19-4/h7-10,15,20H,5-6,11-12H2,1-4H3,(H2,19,21,23). The van der Waals surface area contributed by atoms with Gasteiger partial charge in [0.15, 0.2) is 0 Å². The normalized spacial score (nSPS) is 17.6. The van der Waals surface area contributed by atoms with E-state index in [1.165, 1.54) is 0 Å². The topological polar surface area (TPSA) is 82.7 Å². The van der Waals surface area contributed by atoms with Crippen molar-refractivity contribution in [2.75, 3.05) is 30.8 Å². The average molecular weight is 348 g/mol. The molecule has 1 aliphatic heterocycles. The van der Waals surface area contributed by atoms with Gasteiger partial charge in [0.05, 0.1) is 0 Å². The molecule has 0 aliphatic carbocycles. The second-order valence-corrected chi connectivity index (χ2v) is 7.19. The van der Waals surface area contributed by atoms with Crippen LogP contribution in [-0.4, -0.2) is 48.8 Å². The van der Waals surface area contributed by atoms with E-state index in [1.54, 1.807) is 11.9 Å².